The molecule has 0 bridgehead atoms. The van der Waals surface area contributed by atoms with E-state index >= 15 is 0 Å². The van der Waals surface area contributed by atoms with Crippen molar-refractivity contribution < 1.29 is 9.59 Å². The Morgan fingerprint density at radius 2 is 1.21 bits per heavy atom. The average molecular weight is 191 g/mol. The zero-order chi connectivity index (χ0) is 9.97. The molecule has 2 fully saturated rings. The molecule has 0 aromatic carbocycles. The van der Waals surface area contributed by atoms with E-state index in [1.165, 1.54) is 19.3 Å². The number of amides is 2. The number of nitrogens with one attached hydrogen (secondary N) is 1. The minimum atomic E-state index is -0.0260. The van der Waals surface area contributed by atoms with Crippen molar-refractivity contribution in [1.82, 2.24) is 5.32 Å². The molecule has 0 spiro atoms. The Labute approximate surface area is 85.1 Å². The van der Waals surface area contributed by atoms with Crippen LogP contribution >= 0.6 is 0 Å². The molecule has 0 aliphatic carbocycles. The Hall–Kier alpha value is -0.730. The number of hydrogen-bond acceptors (Lipinski definition) is 2. The van der Waals surface area contributed by atoms with E-state index in [4.69, 9.17) is 0 Å². The van der Waals surface area contributed by atoms with Gasteiger partial charge in [0.2, 0.25) is 13.2 Å². The van der Waals surface area contributed by atoms with Gasteiger partial charge in [-0.25, -0.2) is 0 Å². The molecule has 0 aromatic heterocycles. The third-order valence-electron chi connectivity index (χ3n) is 3.44. The monoisotopic (exact) mass is 191 g/mol. The molecular weight excluding hydrogens is 176 g/mol. The third kappa shape index (κ3) is 1.86. The van der Waals surface area contributed by atoms with Crippen molar-refractivity contribution in [3.8, 4) is 0 Å². The van der Waals surface area contributed by atoms with Crippen LogP contribution in [0.3, 0.4) is 0 Å². The molecule has 0 saturated carbocycles. The summed E-state index contributed by atoms with van der Waals surface area (Å²) in [4.78, 5) is 22.9. The number of hydrogen-bond donors (Lipinski definition) is 1. The van der Waals surface area contributed by atoms with E-state index in [-0.39, 0.29) is 24.8 Å². The Morgan fingerprint density at radius 3 is 1.71 bits per heavy atom. The van der Waals surface area contributed by atoms with Crippen molar-refractivity contribution in [2.75, 3.05) is 0 Å². The van der Waals surface area contributed by atoms with Gasteiger partial charge in [-0.1, -0.05) is 44.7 Å². The van der Waals surface area contributed by atoms with E-state index in [2.05, 4.69) is 5.32 Å². The summed E-state index contributed by atoms with van der Waals surface area (Å²) < 4.78 is 0. The summed E-state index contributed by atoms with van der Waals surface area (Å²) in [6, 6.07) is 0. The predicted molar refractivity (Wildman–Crippen MR) is 58.1 cm³/mol. The highest BCUT2D eigenvalue weighted by molar-refractivity contribution is 7.47. The summed E-state index contributed by atoms with van der Waals surface area (Å²) in [7, 11) is 0. The van der Waals surface area contributed by atoms with E-state index in [1.54, 1.807) is 0 Å². The van der Waals surface area contributed by atoms with Crippen molar-refractivity contribution in [3.63, 3.8) is 0 Å². The Kier molecular flexibility index (Phi) is 2.94. The summed E-state index contributed by atoms with van der Waals surface area (Å²) in [5.41, 5.74) is 0. The summed E-state index contributed by atoms with van der Waals surface area (Å²) in [5.74, 6) is -0.0520. The minimum Gasteiger partial charge on any atom is -0.315 e. The van der Waals surface area contributed by atoms with Crippen molar-refractivity contribution in [1.29, 1.82) is 0 Å². The van der Waals surface area contributed by atoms with Gasteiger partial charge < -0.3 is 5.32 Å². The van der Waals surface area contributed by atoms with Gasteiger partial charge in [-0.3, -0.25) is 9.59 Å². The first-order valence-corrected chi connectivity index (χ1v) is 5.64. The van der Waals surface area contributed by atoms with Crippen molar-refractivity contribution in [2.24, 2.45) is 0 Å². The molecule has 74 valence electrons. The highest BCUT2D eigenvalue weighted by Crippen LogP contribution is 2.21. The Bertz CT molecular complexity index is 233. The summed E-state index contributed by atoms with van der Waals surface area (Å²) in [5, 5.41) is 2.46. The summed E-state index contributed by atoms with van der Waals surface area (Å²) in [6.07, 6.45) is 7.69. The minimum absolute atomic E-state index is 0.0133. The van der Waals surface area contributed by atoms with E-state index in [9.17, 15) is 9.59 Å². The fourth-order valence-corrected chi connectivity index (χ4v) is 2.60. The smallest absolute Gasteiger partial charge is 0.233 e. The van der Waals surface area contributed by atoms with Crippen LogP contribution in [0.1, 0.15) is 32.1 Å². The Morgan fingerprint density at radius 1 is 0.786 bits per heavy atom. The molecule has 2 aliphatic rings. The second-order valence-corrected chi connectivity index (χ2v) is 4.41. The summed E-state index contributed by atoms with van der Waals surface area (Å²) >= 11 is 0. The molecule has 0 aromatic rings. The number of carbonyl (C=O) groups is 2. The van der Waals surface area contributed by atoms with E-state index in [0.717, 1.165) is 25.5 Å². The molecular formula is C9H15B2NO2. The van der Waals surface area contributed by atoms with Gasteiger partial charge >= 0.3 is 0 Å². The maximum Gasteiger partial charge on any atom is 0.233 e. The van der Waals surface area contributed by atoms with Gasteiger partial charge in [0.15, 0.2) is 11.6 Å². The maximum atomic E-state index is 11.5. The number of fused-ring (bicyclic) bond motifs is 1. The van der Waals surface area contributed by atoms with Crippen molar-refractivity contribution in [2.45, 2.75) is 44.7 Å². The molecule has 1 N–H and O–H groups in total. The highest BCUT2D eigenvalue weighted by atomic mass is 16.2. The second kappa shape index (κ2) is 4.20. The average Bonchev–Trinajstić information content (AvgIpc) is 2.48. The predicted octanol–water partition coefficient (Wildman–Crippen LogP) is 2.03. The van der Waals surface area contributed by atoms with Crippen molar-refractivity contribution >= 4 is 24.8 Å². The normalized spacial score (nSPS) is 23.7. The number of rotatable bonds is 0. The molecule has 2 amide bonds. The topological polar surface area (TPSA) is 46.2 Å². The lowest BCUT2D eigenvalue weighted by Gasteiger charge is -2.05. The van der Waals surface area contributed by atoms with Crippen LogP contribution in [-0.2, 0) is 0 Å². The molecule has 0 radical (unpaired) electrons. The molecule has 3 nitrogen and oxygen atoms in total. The van der Waals surface area contributed by atoms with Crippen LogP contribution < -0.4 is 5.32 Å². The molecule has 2 aliphatic heterocycles. The van der Waals surface area contributed by atoms with Gasteiger partial charge in [0.25, 0.3) is 0 Å². The van der Waals surface area contributed by atoms with Gasteiger partial charge in [0.1, 0.15) is 0 Å². The lowest BCUT2D eigenvalue weighted by Crippen LogP contribution is -2.37. The molecule has 2 saturated heterocycles. The first-order valence-electron chi connectivity index (χ1n) is 5.64. The molecule has 14 heavy (non-hydrogen) atoms. The van der Waals surface area contributed by atoms with Crippen LogP contribution in [-0.4, -0.2) is 24.8 Å². The highest BCUT2D eigenvalue weighted by Gasteiger charge is 2.46. The molecule has 2 heterocycles. The third-order valence-corrected chi connectivity index (χ3v) is 3.44. The molecule has 0 atom stereocenters. The first kappa shape index (κ1) is 9.81. The maximum absolute atomic E-state index is 11.5. The van der Waals surface area contributed by atoms with Gasteiger partial charge in [-0.2, -0.15) is 0 Å². The zero-order valence-electron chi connectivity index (χ0n) is 8.42. The largest absolute Gasteiger partial charge is 0.315 e. The van der Waals surface area contributed by atoms with Gasteiger partial charge in [-0.15, -0.1) is 0 Å². The van der Waals surface area contributed by atoms with Crippen LogP contribution in [0.15, 0.2) is 0 Å². The molecule has 5 heteroatoms. The first-order chi connectivity index (χ1) is 6.79. The van der Waals surface area contributed by atoms with Gasteiger partial charge in [-0.05, 0) is 0 Å². The quantitative estimate of drug-likeness (QED) is 0.595. The summed E-state index contributed by atoms with van der Waals surface area (Å²) in [6.45, 7) is -0.0267. The Balaban J connectivity index is 2.08. The molecule has 0 unspecified atom stereocenters. The zero-order valence-corrected chi connectivity index (χ0v) is 8.42. The van der Waals surface area contributed by atoms with Crippen LogP contribution in [0.5, 0.6) is 0 Å². The van der Waals surface area contributed by atoms with Crippen LogP contribution in [0.25, 0.3) is 0 Å². The van der Waals surface area contributed by atoms with Gasteiger partial charge in [0, 0.05) is 0 Å². The van der Waals surface area contributed by atoms with Crippen molar-refractivity contribution in [3.05, 3.63) is 0 Å². The van der Waals surface area contributed by atoms with Crippen LogP contribution in [0.4, 0.5) is 9.59 Å². The van der Waals surface area contributed by atoms with E-state index < -0.39 is 0 Å². The fraction of sp³-hybridized carbons (Fsp3) is 0.778. The molecule has 2 rings (SSSR count). The second-order valence-electron chi connectivity index (χ2n) is 4.41. The van der Waals surface area contributed by atoms with Crippen LogP contribution in [0, 0.1) is 0 Å². The fourth-order valence-electron chi connectivity index (χ4n) is 2.60. The standard InChI is InChI=1S/C9H15B2NO2/c13-8-10-6-4-2-1-3-5-7-11(10)9(14)12-8/h1-7H2,(H,12,13,14). The van der Waals surface area contributed by atoms with E-state index in [1.807, 2.05) is 0 Å². The van der Waals surface area contributed by atoms with E-state index in [0.29, 0.717) is 0 Å². The van der Waals surface area contributed by atoms with Crippen LogP contribution in [0.2, 0.25) is 12.6 Å². The number of imide groups is 1. The number of carbonyl (C=O) groups excluding carboxylic acids is 2. The SMILES string of the molecule is O=C1NC(=O)B2CCCCCCCB21. The lowest BCUT2D eigenvalue weighted by molar-refractivity contribution is 0.249. The van der Waals surface area contributed by atoms with Gasteiger partial charge in [0.05, 0.1) is 0 Å². The lowest BCUT2D eigenvalue weighted by atomic mass is 9.07.